The lowest BCUT2D eigenvalue weighted by Gasteiger charge is -2.36. The second kappa shape index (κ2) is 10.7. The van der Waals surface area contributed by atoms with E-state index in [4.69, 9.17) is 0 Å². The molecule has 25 heavy (non-hydrogen) atoms. The number of halogens is 1. The topological polar surface area (TPSA) is 57.3 Å². The van der Waals surface area contributed by atoms with Gasteiger partial charge in [0.15, 0.2) is 0 Å². The molecule has 1 aliphatic heterocycles. The lowest BCUT2D eigenvalue weighted by molar-refractivity contribution is -0.121. The number of carbonyl (C=O) groups excluding carboxylic acids is 1. The summed E-state index contributed by atoms with van der Waals surface area (Å²) in [4.78, 5) is 18.9. The number of amides is 1. The summed E-state index contributed by atoms with van der Waals surface area (Å²) in [6.07, 6.45) is 10.9. The Morgan fingerprint density at radius 1 is 1.32 bits per heavy atom. The van der Waals surface area contributed by atoms with Gasteiger partial charge in [0, 0.05) is 57.6 Å². The summed E-state index contributed by atoms with van der Waals surface area (Å²) in [6.45, 7) is 4.58. The second-order valence-corrected chi connectivity index (χ2v) is 7.10. The highest BCUT2D eigenvalue weighted by molar-refractivity contribution is 5.85. The highest BCUT2D eigenvalue weighted by Gasteiger charge is 2.24. The molecule has 1 aromatic rings. The van der Waals surface area contributed by atoms with Crippen LogP contribution in [-0.4, -0.2) is 48.5 Å². The molecule has 0 aromatic carbocycles. The number of piperazine rings is 1. The van der Waals surface area contributed by atoms with Crippen molar-refractivity contribution in [3.05, 3.63) is 30.1 Å². The van der Waals surface area contributed by atoms with Gasteiger partial charge in [-0.25, -0.2) is 0 Å². The van der Waals surface area contributed by atoms with Crippen molar-refractivity contribution in [2.24, 2.45) is 5.92 Å². The van der Waals surface area contributed by atoms with E-state index in [0.717, 1.165) is 32.7 Å². The number of hydrogen-bond acceptors (Lipinski definition) is 4. The fourth-order valence-electron chi connectivity index (χ4n) is 3.90. The largest absolute Gasteiger partial charge is 0.356 e. The average molecular weight is 367 g/mol. The fraction of sp³-hybridized carbons (Fsp3) is 0.684. The summed E-state index contributed by atoms with van der Waals surface area (Å²) in [5, 5.41) is 6.60. The Bertz CT molecular complexity index is 507. The van der Waals surface area contributed by atoms with Crippen molar-refractivity contribution in [3.63, 3.8) is 0 Å². The van der Waals surface area contributed by atoms with Crippen LogP contribution in [0, 0.1) is 5.92 Å². The fourth-order valence-corrected chi connectivity index (χ4v) is 3.90. The predicted molar refractivity (Wildman–Crippen MR) is 103 cm³/mol. The van der Waals surface area contributed by atoms with Crippen LogP contribution in [-0.2, 0) is 4.79 Å². The molecule has 2 fully saturated rings. The Morgan fingerprint density at radius 2 is 2.16 bits per heavy atom. The Labute approximate surface area is 157 Å². The molecule has 1 saturated carbocycles. The molecule has 1 unspecified atom stereocenters. The number of nitrogens with zero attached hydrogens (tertiary/aromatic N) is 2. The van der Waals surface area contributed by atoms with E-state index in [-0.39, 0.29) is 18.3 Å². The molecular weight excluding hydrogens is 336 g/mol. The van der Waals surface area contributed by atoms with Crippen molar-refractivity contribution >= 4 is 18.3 Å². The molecule has 2 heterocycles. The first-order valence-electron chi connectivity index (χ1n) is 9.44. The van der Waals surface area contributed by atoms with E-state index < -0.39 is 0 Å². The highest BCUT2D eigenvalue weighted by Crippen LogP contribution is 2.23. The van der Waals surface area contributed by atoms with Crippen LogP contribution in [0.4, 0.5) is 0 Å². The van der Waals surface area contributed by atoms with E-state index in [2.05, 4.69) is 26.6 Å². The van der Waals surface area contributed by atoms with Crippen LogP contribution in [0.3, 0.4) is 0 Å². The molecule has 3 rings (SSSR count). The van der Waals surface area contributed by atoms with E-state index in [1.807, 2.05) is 18.5 Å². The first-order chi connectivity index (χ1) is 11.8. The zero-order valence-corrected chi connectivity index (χ0v) is 15.8. The number of rotatable bonds is 6. The molecule has 6 heteroatoms. The van der Waals surface area contributed by atoms with Crippen LogP contribution >= 0.6 is 12.4 Å². The molecule has 1 aromatic heterocycles. The molecule has 5 nitrogen and oxygen atoms in total. The number of hydrogen-bond donors (Lipinski definition) is 2. The molecule has 1 atom stereocenters. The van der Waals surface area contributed by atoms with Crippen molar-refractivity contribution in [2.75, 3.05) is 32.7 Å². The van der Waals surface area contributed by atoms with E-state index >= 15 is 0 Å². The summed E-state index contributed by atoms with van der Waals surface area (Å²) in [6, 6.07) is 4.43. The van der Waals surface area contributed by atoms with Crippen LogP contribution in [0.1, 0.15) is 50.1 Å². The first-order valence-corrected chi connectivity index (χ1v) is 9.44. The maximum Gasteiger partial charge on any atom is 0.221 e. The van der Waals surface area contributed by atoms with Crippen molar-refractivity contribution in [3.8, 4) is 0 Å². The number of nitrogens with one attached hydrogen (secondary N) is 2. The SMILES string of the molecule is Cl.O=C(CCN1CCNCC1c1cccnc1)NCC1CCCCC1. The minimum atomic E-state index is 0. The predicted octanol–water partition coefficient (Wildman–Crippen LogP) is 2.54. The number of carbonyl (C=O) groups is 1. The Morgan fingerprint density at radius 3 is 2.92 bits per heavy atom. The Balaban J connectivity index is 0.00000225. The minimum absolute atomic E-state index is 0. The van der Waals surface area contributed by atoms with Crippen LogP contribution in [0.5, 0.6) is 0 Å². The van der Waals surface area contributed by atoms with Gasteiger partial charge in [0.2, 0.25) is 5.91 Å². The Hall–Kier alpha value is -1.17. The molecular formula is C19H31ClN4O. The number of aromatic nitrogens is 1. The molecule has 1 saturated heterocycles. The van der Waals surface area contributed by atoms with E-state index in [9.17, 15) is 4.79 Å². The molecule has 1 amide bonds. The molecule has 2 aliphatic rings. The van der Waals surface area contributed by atoms with Gasteiger partial charge in [-0.1, -0.05) is 25.3 Å². The summed E-state index contributed by atoms with van der Waals surface area (Å²) >= 11 is 0. The van der Waals surface area contributed by atoms with Gasteiger partial charge in [-0.15, -0.1) is 12.4 Å². The molecule has 2 N–H and O–H groups in total. The monoisotopic (exact) mass is 366 g/mol. The van der Waals surface area contributed by atoms with Gasteiger partial charge in [-0.2, -0.15) is 0 Å². The lowest BCUT2D eigenvalue weighted by atomic mass is 9.89. The summed E-state index contributed by atoms with van der Waals surface area (Å²) in [5.74, 6) is 0.897. The summed E-state index contributed by atoms with van der Waals surface area (Å²) in [7, 11) is 0. The zero-order chi connectivity index (χ0) is 16.6. The van der Waals surface area contributed by atoms with Gasteiger partial charge in [0.05, 0.1) is 0 Å². The maximum atomic E-state index is 12.2. The highest BCUT2D eigenvalue weighted by atomic mass is 35.5. The van der Waals surface area contributed by atoms with E-state index in [1.165, 1.54) is 37.7 Å². The van der Waals surface area contributed by atoms with Crippen molar-refractivity contribution in [2.45, 2.75) is 44.6 Å². The van der Waals surface area contributed by atoms with E-state index in [0.29, 0.717) is 18.4 Å². The van der Waals surface area contributed by atoms with Crippen LogP contribution in [0.25, 0.3) is 0 Å². The lowest BCUT2D eigenvalue weighted by Crippen LogP contribution is -2.47. The maximum absolute atomic E-state index is 12.2. The first kappa shape index (κ1) is 20.1. The quantitative estimate of drug-likeness (QED) is 0.812. The molecule has 0 spiro atoms. The molecule has 140 valence electrons. The van der Waals surface area contributed by atoms with Gasteiger partial charge >= 0.3 is 0 Å². The second-order valence-electron chi connectivity index (χ2n) is 7.10. The van der Waals surface area contributed by atoms with Gasteiger partial charge in [0.1, 0.15) is 0 Å². The van der Waals surface area contributed by atoms with Gasteiger partial charge in [-0.05, 0) is 30.4 Å². The van der Waals surface area contributed by atoms with E-state index in [1.54, 1.807) is 0 Å². The molecule has 0 bridgehead atoms. The van der Waals surface area contributed by atoms with Crippen LogP contribution in [0.15, 0.2) is 24.5 Å². The number of pyridine rings is 1. The van der Waals surface area contributed by atoms with Crippen molar-refractivity contribution < 1.29 is 4.79 Å². The van der Waals surface area contributed by atoms with Gasteiger partial charge < -0.3 is 10.6 Å². The smallest absolute Gasteiger partial charge is 0.221 e. The van der Waals surface area contributed by atoms with Crippen molar-refractivity contribution in [1.82, 2.24) is 20.5 Å². The average Bonchev–Trinajstić information content (AvgIpc) is 2.66. The summed E-state index contributed by atoms with van der Waals surface area (Å²) < 4.78 is 0. The summed E-state index contributed by atoms with van der Waals surface area (Å²) in [5.41, 5.74) is 1.23. The third-order valence-electron chi connectivity index (χ3n) is 5.36. The third-order valence-corrected chi connectivity index (χ3v) is 5.36. The van der Waals surface area contributed by atoms with Gasteiger partial charge in [-0.3, -0.25) is 14.7 Å². The Kier molecular flexibility index (Phi) is 8.65. The van der Waals surface area contributed by atoms with Crippen LogP contribution in [0.2, 0.25) is 0 Å². The van der Waals surface area contributed by atoms with Gasteiger partial charge in [0.25, 0.3) is 0 Å². The normalized spacial score (nSPS) is 22.2. The van der Waals surface area contributed by atoms with Crippen molar-refractivity contribution in [1.29, 1.82) is 0 Å². The zero-order valence-electron chi connectivity index (χ0n) is 15.0. The third kappa shape index (κ3) is 6.24. The van der Waals surface area contributed by atoms with Crippen LogP contribution < -0.4 is 10.6 Å². The standard InChI is InChI=1S/C19H30N4O.ClH/c24-19(22-13-16-5-2-1-3-6-16)8-11-23-12-10-21-15-18(23)17-7-4-9-20-14-17;/h4,7,9,14,16,18,21H,1-3,5-6,8,10-13,15H2,(H,22,24);1H. The minimum Gasteiger partial charge on any atom is -0.356 e. The molecule has 0 radical (unpaired) electrons. The molecule has 1 aliphatic carbocycles.